The molecule has 1 fully saturated rings. The molecule has 0 aromatic heterocycles. The summed E-state index contributed by atoms with van der Waals surface area (Å²) in [6.45, 7) is 4.03. The quantitative estimate of drug-likeness (QED) is 0.137. The largest absolute Gasteiger partial charge is 0.293 e. The Bertz CT molecular complexity index is 1740. The number of para-hydroxylation sites is 2. The van der Waals surface area contributed by atoms with E-state index >= 15 is 0 Å². The number of anilines is 1. The molecule has 1 saturated heterocycles. The van der Waals surface area contributed by atoms with Gasteiger partial charge in [-0.2, -0.15) is 0 Å². The second kappa shape index (κ2) is 8.55. The summed E-state index contributed by atoms with van der Waals surface area (Å²) in [7, 11) is 0. The lowest BCUT2D eigenvalue weighted by Crippen LogP contribution is -2.54. The summed E-state index contributed by atoms with van der Waals surface area (Å²) >= 11 is 0. The number of carbonyl (C=O) groups is 2. The predicted octanol–water partition coefficient (Wildman–Crippen LogP) is 6.16. The predicted molar refractivity (Wildman–Crippen MR) is 152 cm³/mol. The van der Waals surface area contributed by atoms with Crippen molar-refractivity contribution in [2.24, 2.45) is 16.8 Å². The number of hydrogen-bond acceptors (Lipinski definition) is 5. The molecular weight excluding hydrogens is 502 g/mol. The van der Waals surface area contributed by atoms with Crippen LogP contribution >= 0.6 is 0 Å². The lowest BCUT2D eigenvalue weighted by atomic mass is 9.47. The van der Waals surface area contributed by atoms with E-state index in [-0.39, 0.29) is 17.3 Å². The summed E-state index contributed by atoms with van der Waals surface area (Å²) < 4.78 is 0. The van der Waals surface area contributed by atoms with Crippen LogP contribution in [0.1, 0.15) is 39.3 Å². The number of nitrogens with zero attached hydrogens (tertiary/aromatic N) is 3. The molecule has 40 heavy (non-hydrogen) atoms. The summed E-state index contributed by atoms with van der Waals surface area (Å²) in [6, 6.07) is 27.9. The van der Waals surface area contributed by atoms with E-state index in [9.17, 15) is 19.7 Å². The zero-order valence-electron chi connectivity index (χ0n) is 21.9. The molecule has 0 saturated carbocycles. The van der Waals surface area contributed by atoms with E-state index < -0.39 is 34.0 Å². The van der Waals surface area contributed by atoms with Crippen molar-refractivity contribution in [2.75, 3.05) is 4.90 Å². The molecule has 8 rings (SSSR count). The third kappa shape index (κ3) is 3.09. The first-order valence-corrected chi connectivity index (χ1v) is 13.3. The zero-order valence-corrected chi connectivity index (χ0v) is 21.9. The van der Waals surface area contributed by atoms with Gasteiger partial charge >= 0.3 is 0 Å². The van der Waals surface area contributed by atoms with Crippen molar-refractivity contribution < 1.29 is 14.5 Å². The van der Waals surface area contributed by atoms with Gasteiger partial charge in [-0.05, 0) is 53.8 Å². The van der Waals surface area contributed by atoms with Crippen LogP contribution in [0.4, 0.5) is 17.1 Å². The summed E-state index contributed by atoms with van der Waals surface area (Å²) in [5.41, 5.74) is 5.47. The van der Waals surface area contributed by atoms with Crippen LogP contribution in [-0.4, -0.2) is 23.0 Å². The van der Waals surface area contributed by atoms with Crippen molar-refractivity contribution in [3.8, 4) is 0 Å². The number of hydrogen-bond donors (Lipinski definition) is 0. The molecule has 2 bridgehead atoms. The SMILES string of the molecule is Cc1ccc(N=CC23c4ccccc4C(c4ccccc42)[C@H]2C(=O)N(c4ccccc4[N+](=O)[O-])C(=O)[C@@H]23)c(C)c1. The third-order valence-electron chi connectivity index (χ3n) is 8.76. The Labute approximate surface area is 231 Å². The van der Waals surface area contributed by atoms with Crippen LogP contribution in [0.3, 0.4) is 0 Å². The molecule has 1 aliphatic heterocycles. The highest BCUT2D eigenvalue weighted by Gasteiger charge is 2.68. The fraction of sp³-hybridized carbons (Fsp3) is 0.182. The van der Waals surface area contributed by atoms with Crippen molar-refractivity contribution in [1.29, 1.82) is 0 Å². The van der Waals surface area contributed by atoms with Crippen LogP contribution in [0.25, 0.3) is 0 Å². The molecule has 3 aliphatic carbocycles. The number of aryl methyl sites for hydroxylation is 2. The smallest absolute Gasteiger partial charge is 0.274 e. The normalized spacial score (nSPS) is 24.2. The van der Waals surface area contributed by atoms with Crippen molar-refractivity contribution in [2.45, 2.75) is 25.2 Å². The summed E-state index contributed by atoms with van der Waals surface area (Å²) in [6.07, 6.45) is 1.85. The monoisotopic (exact) mass is 527 g/mol. The number of amides is 2. The van der Waals surface area contributed by atoms with Crippen molar-refractivity contribution in [1.82, 2.24) is 0 Å². The Kier molecular flexibility index (Phi) is 5.16. The minimum atomic E-state index is -1.03. The first-order chi connectivity index (χ1) is 19.3. The van der Waals surface area contributed by atoms with Crippen molar-refractivity contribution in [3.63, 3.8) is 0 Å². The van der Waals surface area contributed by atoms with Gasteiger partial charge in [0.25, 0.3) is 5.69 Å². The topological polar surface area (TPSA) is 92.9 Å². The molecule has 4 aromatic rings. The van der Waals surface area contributed by atoms with E-state index in [4.69, 9.17) is 4.99 Å². The molecule has 0 N–H and O–H groups in total. The number of imide groups is 1. The molecule has 7 nitrogen and oxygen atoms in total. The van der Waals surface area contributed by atoms with Gasteiger partial charge in [-0.25, -0.2) is 4.90 Å². The Morgan fingerprint density at radius 2 is 1.48 bits per heavy atom. The third-order valence-corrected chi connectivity index (χ3v) is 8.76. The van der Waals surface area contributed by atoms with Crippen LogP contribution in [-0.2, 0) is 15.0 Å². The molecule has 0 spiro atoms. The molecule has 4 aromatic carbocycles. The summed E-state index contributed by atoms with van der Waals surface area (Å²) in [4.78, 5) is 46.2. The van der Waals surface area contributed by atoms with Crippen LogP contribution < -0.4 is 4.90 Å². The first-order valence-electron chi connectivity index (χ1n) is 13.3. The maximum atomic E-state index is 14.5. The van der Waals surface area contributed by atoms with Gasteiger partial charge in [0.1, 0.15) is 5.69 Å². The second-order valence-corrected chi connectivity index (χ2v) is 10.8. The fourth-order valence-corrected chi connectivity index (χ4v) is 7.22. The van der Waals surface area contributed by atoms with Gasteiger partial charge in [-0.1, -0.05) is 78.4 Å². The Hall–Kier alpha value is -4.91. The molecule has 7 heteroatoms. The number of carbonyl (C=O) groups excluding carboxylic acids is 2. The fourth-order valence-electron chi connectivity index (χ4n) is 7.22. The Balaban J connectivity index is 1.51. The van der Waals surface area contributed by atoms with E-state index in [2.05, 4.69) is 6.07 Å². The van der Waals surface area contributed by atoms with E-state index in [0.717, 1.165) is 44.0 Å². The molecular formula is C33H25N3O4. The van der Waals surface area contributed by atoms with Crippen molar-refractivity contribution in [3.05, 3.63) is 134 Å². The van der Waals surface area contributed by atoms with Crippen LogP contribution in [0, 0.1) is 35.8 Å². The van der Waals surface area contributed by atoms with Gasteiger partial charge in [0.15, 0.2) is 0 Å². The highest BCUT2D eigenvalue weighted by molar-refractivity contribution is 6.25. The average Bonchev–Trinajstić information content (AvgIpc) is 3.23. The second-order valence-electron chi connectivity index (χ2n) is 10.8. The highest BCUT2D eigenvalue weighted by Crippen LogP contribution is 2.64. The van der Waals surface area contributed by atoms with Gasteiger partial charge in [0.05, 0.1) is 27.9 Å². The van der Waals surface area contributed by atoms with Gasteiger partial charge in [0.2, 0.25) is 11.8 Å². The molecule has 2 atom stereocenters. The van der Waals surface area contributed by atoms with Gasteiger partial charge < -0.3 is 0 Å². The number of nitro benzene ring substituents is 1. The van der Waals surface area contributed by atoms with E-state index in [1.54, 1.807) is 6.07 Å². The number of rotatable bonds is 4. The summed E-state index contributed by atoms with van der Waals surface area (Å²) in [5.74, 6) is -2.72. The highest BCUT2D eigenvalue weighted by atomic mass is 16.6. The molecule has 1 heterocycles. The maximum absolute atomic E-state index is 14.5. The van der Waals surface area contributed by atoms with Gasteiger partial charge in [0, 0.05) is 18.2 Å². The summed E-state index contributed by atoms with van der Waals surface area (Å²) in [5, 5.41) is 11.9. The lowest BCUT2D eigenvalue weighted by Gasteiger charge is -2.52. The molecule has 196 valence electrons. The van der Waals surface area contributed by atoms with Crippen LogP contribution in [0.5, 0.6) is 0 Å². The molecule has 0 unspecified atom stereocenters. The Morgan fingerprint density at radius 1 is 0.850 bits per heavy atom. The number of benzene rings is 4. The van der Waals surface area contributed by atoms with E-state index in [0.29, 0.717) is 0 Å². The molecule has 4 aliphatic rings. The average molecular weight is 528 g/mol. The van der Waals surface area contributed by atoms with Crippen LogP contribution in [0.15, 0.2) is 96.0 Å². The first kappa shape index (κ1) is 24.2. The minimum absolute atomic E-state index is 0.00544. The molecule has 2 amide bonds. The minimum Gasteiger partial charge on any atom is -0.274 e. The van der Waals surface area contributed by atoms with Crippen molar-refractivity contribution >= 4 is 35.1 Å². The van der Waals surface area contributed by atoms with Gasteiger partial charge in [-0.15, -0.1) is 0 Å². The number of nitro groups is 1. The maximum Gasteiger partial charge on any atom is 0.293 e. The zero-order chi connectivity index (χ0) is 27.8. The lowest BCUT2D eigenvalue weighted by molar-refractivity contribution is -0.384. The van der Waals surface area contributed by atoms with E-state index in [1.807, 2.05) is 80.7 Å². The van der Waals surface area contributed by atoms with E-state index in [1.165, 1.54) is 18.2 Å². The standard InChI is InChI=1S/C33H25N3O4/c1-19-15-16-25(20(2)17-19)34-18-33-23-11-5-3-9-21(23)28(22-10-4-6-12-24(22)33)29-30(33)32(38)35(31(29)37)26-13-7-8-14-27(26)36(39)40/h3-18,28-30H,1-2H3/t28?,29-,30-,33?/m1/s1. The number of aliphatic imine (C=N–C) groups is 1. The molecule has 0 radical (unpaired) electrons. The van der Waals surface area contributed by atoms with Gasteiger partial charge in [-0.3, -0.25) is 24.7 Å². The van der Waals surface area contributed by atoms with Crippen LogP contribution in [0.2, 0.25) is 0 Å². The Morgan fingerprint density at radius 3 is 2.12 bits per heavy atom.